The van der Waals surface area contributed by atoms with Gasteiger partial charge in [-0.3, -0.25) is 9.69 Å². The largest absolute Gasteiger partial charge is 0.416 e. The van der Waals surface area contributed by atoms with Crippen LogP contribution in [0.2, 0.25) is 0 Å². The molecule has 1 aromatic heterocycles. The summed E-state index contributed by atoms with van der Waals surface area (Å²) in [6, 6.07) is 4.91. The van der Waals surface area contributed by atoms with Crippen molar-refractivity contribution in [2.75, 3.05) is 25.0 Å². The molecule has 3 rings (SSSR count). The quantitative estimate of drug-likeness (QED) is 0.918. The molecule has 2 heterocycles. The number of amides is 1. The van der Waals surface area contributed by atoms with Crippen LogP contribution < -0.4 is 5.32 Å². The lowest BCUT2D eigenvalue weighted by Crippen LogP contribution is -2.39. The molecular formula is C16H18F3N5O. The van der Waals surface area contributed by atoms with E-state index < -0.39 is 11.7 Å². The van der Waals surface area contributed by atoms with Gasteiger partial charge in [0.05, 0.1) is 18.2 Å². The van der Waals surface area contributed by atoms with Crippen molar-refractivity contribution in [2.45, 2.75) is 25.1 Å². The molecule has 2 aromatic rings. The van der Waals surface area contributed by atoms with Crippen LogP contribution in [0, 0.1) is 0 Å². The Labute approximate surface area is 142 Å². The maximum absolute atomic E-state index is 12.7. The van der Waals surface area contributed by atoms with Crippen molar-refractivity contribution in [3.63, 3.8) is 0 Å². The summed E-state index contributed by atoms with van der Waals surface area (Å²) in [5.74, 6) is -0.321. The maximum Gasteiger partial charge on any atom is 0.416 e. The Kier molecular flexibility index (Phi) is 5.03. The highest BCUT2D eigenvalue weighted by Crippen LogP contribution is 2.30. The third-order valence-electron chi connectivity index (χ3n) is 4.21. The summed E-state index contributed by atoms with van der Waals surface area (Å²) in [6.45, 7) is 1.60. The molecule has 0 saturated carbocycles. The zero-order chi connectivity index (χ0) is 17.9. The number of piperidine rings is 1. The van der Waals surface area contributed by atoms with E-state index in [2.05, 4.69) is 15.4 Å². The highest BCUT2D eigenvalue weighted by atomic mass is 19.4. The number of nitrogens with one attached hydrogen (secondary N) is 1. The van der Waals surface area contributed by atoms with Crippen molar-refractivity contribution >= 4 is 11.6 Å². The fourth-order valence-corrected chi connectivity index (χ4v) is 2.92. The van der Waals surface area contributed by atoms with Gasteiger partial charge in [0.1, 0.15) is 12.7 Å². The van der Waals surface area contributed by atoms with Crippen LogP contribution in [0.1, 0.15) is 24.4 Å². The van der Waals surface area contributed by atoms with Gasteiger partial charge in [0.2, 0.25) is 5.91 Å². The van der Waals surface area contributed by atoms with Crippen LogP contribution in [0.4, 0.5) is 18.9 Å². The smallest absolute Gasteiger partial charge is 0.325 e. The number of rotatable bonds is 4. The van der Waals surface area contributed by atoms with Crippen molar-refractivity contribution in [3.8, 4) is 0 Å². The number of benzene rings is 1. The molecule has 1 fully saturated rings. The molecule has 0 spiro atoms. The van der Waals surface area contributed by atoms with Crippen LogP contribution in [0.3, 0.4) is 0 Å². The summed E-state index contributed by atoms with van der Waals surface area (Å²) >= 11 is 0. The first-order valence-electron chi connectivity index (χ1n) is 7.95. The number of alkyl halides is 3. The molecule has 1 aliphatic rings. The molecule has 1 saturated heterocycles. The molecule has 1 N–H and O–H groups in total. The Morgan fingerprint density at radius 3 is 2.68 bits per heavy atom. The molecule has 1 amide bonds. The number of anilines is 1. The normalized spacial score (nSPS) is 16.8. The minimum atomic E-state index is -4.43. The van der Waals surface area contributed by atoms with Crippen molar-refractivity contribution in [1.29, 1.82) is 0 Å². The summed E-state index contributed by atoms with van der Waals surface area (Å²) < 4.78 is 39.9. The molecule has 1 aromatic carbocycles. The zero-order valence-electron chi connectivity index (χ0n) is 13.4. The fourth-order valence-electron chi connectivity index (χ4n) is 2.92. The lowest BCUT2D eigenvalue weighted by molar-refractivity contribution is -0.137. The Morgan fingerprint density at radius 2 is 2.04 bits per heavy atom. The van der Waals surface area contributed by atoms with Crippen LogP contribution >= 0.6 is 0 Å². The highest BCUT2D eigenvalue weighted by molar-refractivity contribution is 5.92. The first-order chi connectivity index (χ1) is 11.9. The minimum Gasteiger partial charge on any atom is -0.325 e. The van der Waals surface area contributed by atoms with Crippen LogP contribution in [-0.4, -0.2) is 45.2 Å². The second kappa shape index (κ2) is 7.22. The van der Waals surface area contributed by atoms with Crippen LogP contribution in [0.25, 0.3) is 0 Å². The summed E-state index contributed by atoms with van der Waals surface area (Å²) in [7, 11) is 0. The van der Waals surface area contributed by atoms with Gasteiger partial charge in [-0.2, -0.15) is 18.3 Å². The van der Waals surface area contributed by atoms with Crippen LogP contribution in [0.15, 0.2) is 36.9 Å². The minimum absolute atomic E-state index is 0.150. The summed E-state index contributed by atoms with van der Waals surface area (Å²) in [5, 5.41) is 6.66. The first kappa shape index (κ1) is 17.4. The van der Waals surface area contributed by atoms with E-state index in [1.165, 1.54) is 18.5 Å². The monoisotopic (exact) mass is 353 g/mol. The Hall–Kier alpha value is -2.42. The zero-order valence-corrected chi connectivity index (χ0v) is 13.4. The molecule has 0 aliphatic carbocycles. The standard InChI is InChI=1S/C16H18F3N5O/c17-16(18,19)12-2-1-3-13(8-12)22-15(25)9-23-6-4-14(5-7-23)24-11-20-10-21-24/h1-3,8,10-11,14H,4-7,9H2,(H,22,25). The molecule has 0 bridgehead atoms. The molecule has 9 heteroatoms. The molecule has 25 heavy (non-hydrogen) atoms. The fraction of sp³-hybridized carbons (Fsp3) is 0.438. The van der Waals surface area contributed by atoms with E-state index in [1.54, 1.807) is 6.33 Å². The van der Waals surface area contributed by atoms with Crippen molar-refractivity contribution in [3.05, 3.63) is 42.5 Å². The van der Waals surface area contributed by atoms with E-state index in [4.69, 9.17) is 0 Å². The van der Waals surface area contributed by atoms with Gasteiger partial charge in [-0.05, 0) is 31.0 Å². The predicted octanol–water partition coefficient (Wildman–Crippen LogP) is 2.57. The van der Waals surface area contributed by atoms with E-state index in [9.17, 15) is 18.0 Å². The number of carbonyl (C=O) groups excluding carboxylic acids is 1. The van der Waals surface area contributed by atoms with Gasteiger partial charge in [0, 0.05) is 18.8 Å². The molecule has 0 unspecified atom stereocenters. The molecule has 134 valence electrons. The number of hydrogen-bond donors (Lipinski definition) is 1. The van der Waals surface area contributed by atoms with E-state index in [0.29, 0.717) is 0 Å². The van der Waals surface area contributed by atoms with Gasteiger partial charge in [-0.1, -0.05) is 6.07 Å². The predicted molar refractivity (Wildman–Crippen MR) is 84.8 cm³/mol. The SMILES string of the molecule is O=C(CN1CCC(n2cncn2)CC1)Nc1cccc(C(F)(F)F)c1. The number of hydrogen-bond acceptors (Lipinski definition) is 4. The first-order valence-corrected chi connectivity index (χ1v) is 7.95. The van der Waals surface area contributed by atoms with Gasteiger partial charge < -0.3 is 5.32 Å². The third-order valence-corrected chi connectivity index (χ3v) is 4.21. The van der Waals surface area contributed by atoms with Gasteiger partial charge >= 0.3 is 6.18 Å². The van der Waals surface area contributed by atoms with E-state index in [0.717, 1.165) is 38.1 Å². The maximum atomic E-state index is 12.7. The van der Waals surface area contributed by atoms with Crippen LogP contribution in [0.5, 0.6) is 0 Å². The number of halogens is 3. The molecular weight excluding hydrogens is 335 g/mol. The van der Waals surface area contributed by atoms with Crippen molar-refractivity contribution < 1.29 is 18.0 Å². The number of likely N-dealkylation sites (tertiary alicyclic amines) is 1. The molecule has 6 nitrogen and oxygen atoms in total. The third kappa shape index (κ3) is 4.56. The second-order valence-electron chi connectivity index (χ2n) is 6.01. The number of carbonyl (C=O) groups is 1. The molecule has 0 radical (unpaired) electrons. The second-order valence-corrected chi connectivity index (χ2v) is 6.01. The van der Waals surface area contributed by atoms with Gasteiger partial charge in [-0.15, -0.1) is 0 Å². The average Bonchev–Trinajstić information content (AvgIpc) is 3.09. The van der Waals surface area contributed by atoms with Gasteiger partial charge in [0.15, 0.2) is 0 Å². The summed E-state index contributed by atoms with van der Waals surface area (Å²) in [6.07, 6.45) is 0.444. The van der Waals surface area contributed by atoms with E-state index in [-0.39, 0.29) is 24.2 Å². The van der Waals surface area contributed by atoms with Crippen molar-refractivity contribution in [1.82, 2.24) is 19.7 Å². The Bertz CT molecular complexity index is 709. The highest BCUT2D eigenvalue weighted by Gasteiger charge is 2.30. The summed E-state index contributed by atoms with van der Waals surface area (Å²) in [4.78, 5) is 18.0. The molecule has 0 atom stereocenters. The Balaban J connectivity index is 1.50. The Morgan fingerprint density at radius 1 is 1.28 bits per heavy atom. The van der Waals surface area contributed by atoms with Gasteiger partial charge in [0.25, 0.3) is 0 Å². The van der Waals surface area contributed by atoms with Crippen molar-refractivity contribution in [2.24, 2.45) is 0 Å². The van der Waals surface area contributed by atoms with E-state index >= 15 is 0 Å². The lowest BCUT2D eigenvalue weighted by atomic mass is 10.1. The number of aromatic nitrogens is 3. The van der Waals surface area contributed by atoms with Crippen LogP contribution in [-0.2, 0) is 11.0 Å². The lowest BCUT2D eigenvalue weighted by Gasteiger charge is -2.31. The number of nitrogens with zero attached hydrogens (tertiary/aromatic N) is 4. The van der Waals surface area contributed by atoms with Gasteiger partial charge in [-0.25, -0.2) is 9.67 Å². The van der Waals surface area contributed by atoms with E-state index in [1.807, 2.05) is 9.58 Å². The average molecular weight is 353 g/mol. The summed E-state index contributed by atoms with van der Waals surface area (Å²) in [5.41, 5.74) is -0.628. The topological polar surface area (TPSA) is 63.1 Å². The molecule has 1 aliphatic heterocycles.